The average Bonchev–Trinajstić information content (AvgIpc) is 2.54. The van der Waals surface area contributed by atoms with Crippen LogP contribution in [0.5, 0.6) is 0 Å². The summed E-state index contributed by atoms with van der Waals surface area (Å²) in [5, 5.41) is 2.69. The van der Waals surface area contributed by atoms with Crippen molar-refractivity contribution in [3.63, 3.8) is 0 Å². The van der Waals surface area contributed by atoms with Gasteiger partial charge in [0.1, 0.15) is 0 Å². The number of hydrogen-bond acceptors (Lipinski definition) is 4. The Morgan fingerprint density at radius 3 is 2.64 bits per heavy atom. The first-order valence-electron chi connectivity index (χ1n) is 7.49. The fraction of sp³-hybridized carbons (Fsp3) is 0.235. The van der Waals surface area contributed by atoms with E-state index < -0.39 is 10.0 Å². The summed E-state index contributed by atoms with van der Waals surface area (Å²) in [6.07, 6.45) is 0. The van der Waals surface area contributed by atoms with Crippen LogP contribution in [0.2, 0.25) is 0 Å². The average molecular weight is 427 g/mol. The SMILES string of the molecule is COCCNC(=O)c1cc(S(=O)(=O)Nc2cccc(Br)c2)ccc1C. The maximum Gasteiger partial charge on any atom is 0.261 e. The van der Waals surface area contributed by atoms with Gasteiger partial charge in [-0.25, -0.2) is 8.42 Å². The summed E-state index contributed by atoms with van der Waals surface area (Å²) in [5.41, 5.74) is 1.44. The Bertz CT molecular complexity index is 869. The van der Waals surface area contributed by atoms with Gasteiger partial charge >= 0.3 is 0 Å². The highest BCUT2D eigenvalue weighted by Gasteiger charge is 2.18. The first kappa shape index (κ1) is 19.4. The summed E-state index contributed by atoms with van der Waals surface area (Å²) >= 11 is 3.30. The minimum Gasteiger partial charge on any atom is -0.383 e. The molecule has 6 nitrogen and oxygen atoms in total. The lowest BCUT2D eigenvalue weighted by Gasteiger charge is -2.12. The van der Waals surface area contributed by atoms with Gasteiger partial charge < -0.3 is 10.1 Å². The molecule has 0 aromatic heterocycles. The van der Waals surface area contributed by atoms with Crippen LogP contribution in [0.25, 0.3) is 0 Å². The van der Waals surface area contributed by atoms with Gasteiger partial charge in [0.25, 0.3) is 15.9 Å². The van der Waals surface area contributed by atoms with Crippen molar-refractivity contribution >= 4 is 37.5 Å². The topological polar surface area (TPSA) is 84.5 Å². The molecule has 0 heterocycles. The van der Waals surface area contributed by atoms with Crippen LogP contribution in [-0.4, -0.2) is 34.6 Å². The fourth-order valence-corrected chi connectivity index (χ4v) is 3.62. The summed E-state index contributed by atoms with van der Waals surface area (Å²) < 4.78 is 33.3. The standard InChI is InChI=1S/C17H19BrN2O4S/c1-12-6-7-15(11-16(12)17(21)19-8-9-24-2)25(22,23)20-14-5-3-4-13(18)10-14/h3-7,10-11,20H,8-9H2,1-2H3,(H,19,21). The number of hydrogen-bond donors (Lipinski definition) is 2. The van der Waals surface area contributed by atoms with Crippen LogP contribution < -0.4 is 10.0 Å². The number of rotatable bonds is 7. The Balaban J connectivity index is 2.26. The van der Waals surface area contributed by atoms with Crippen LogP contribution in [0.15, 0.2) is 51.8 Å². The van der Waals surface area contributed by atoms with E-state index in [4.69, 9.17) is 4.74 Å². The van der Waals surface area contributed by atoms with Crippen molar-refractivity contribution in [3.05, 3.63) is 58.1 Å². The molecule has 2 rings (SSSR count). The zero-order valence-corrected chi connectivity index (χ0v) is 16.3. The van der Waals surface area contributed by atoms with Crippen molar-refractivity contribution in [1.82, 2.24) is 5.32 Å². The number of benzene rings is 2. The van der Waals surface area contributed by atoms with E-state index in [9.17, 15) is 13.2 Å². The summed E-state index contributed by atoms with van der Waals surface area (Å²) in [4.78, 5) is 12.3. The number of halogens is 1. The quantitative estimate of drug-likeness (QED) is 0.666. The molecule has 0 saturated carbocycles. The summed E-state index contributed by atoms with van der Waals surface area (Å²) in [6, 6.07) is 11.3. The molecule has 0 aliphatic heterocycles. The Morgan fingerprint density at radius 2 is 1.96 bits per heavy atom. The molecular formula is C17H19BrN2O4S. The predicted octanol–water partition coefficient (Wildman–Crippen LogP) is 2.93. The molecule has 0 spiro atoms. The Kier molecular flexibility index (Phi) is 6.57. The normalized spacial score (nSPS) is 11.2. The minimum absolute atomic E-state index is 0.0231. The lowest BCUT2D eigenvalue weighted by molar-refractivity contribution is 0.0936. The molecule has 0 aliphatic carbocycles. The van der Waals surface area contributed by atoms with E-state index in [1.807, 2.05) is 0 Å². The molecule has 2 aromatic carbocycles. The number of ether oxygens (including phenoxy) is 1. The lowest BCUT2D eigenvalue weighted by atomic mass is 10.1. The van der Waals surface area contributed by atoms with Gasteiger partial charge in [0.05, 0.1) is 11.5 Å². The van der Waals surface area contributed by atoms with Gasteiger partial charge in [-0.2, -0.15) is 0 Å². The zero-order chi connectivity index (χ0) is 18.4. The number of anilines is 1. The predicted molar refractivity (Wildman–Crippen MR) is 100 cm³/mol. The molecule has 134 valence electrons. The number of carbonyl (C=O) groups excluding carboxylic acids is 1. The number of nitrogens with one attached hydrogen (secondary N) is 2. The molecule has 0 unspecified atom stereocenters. The number of aryl methyl sites for hydroxylation is 1. The molecule has 25 heavy (non-hydrogen) atoms. The number of methoxy groups -OCH3 is 1. The highest BCUT2D eigenvalue weighted by Crippen LogP contribution is 2.21. The maximum atomic E-state index is 12.6. The molecule has 8 heteroatoms. The van der Waals surface area contributed by atoms with Gasteiger partial charge in [-0.3, -0.25) is 9.52 Å². The van der Waals surface area contributed by atoms with E-state index in [1.54, 1.807) is 37.3 Å². The van der Waals surface area contributed by atoms with Gasteiger partial charge in [-0.15, -0.1) is 0 Å². The van der Waals surface area contributed by atoms with Gasteiger partial charge in [-0.05, 0) is 42.8 Å². The highest BCUT2D eigenvalue weighted by atomic mass is 79.9. The second-order valence-corrected chi connectivity index (χ2v) is 7.94. The summed E-state index contributed by atoms with van der Waals surface area (Å²) in [5.74, 6) is -0.339. The molecule has 0 aliphatic rings. The van der Waals surface area contributed by atoms with E-state index in [2.05, 4.69) is 26.0 Å². The zero-order valence-electron chi connectivity index (χ0n) is 13.9. The van der Waals surface area contributed by atoms with Crippen LogP contribution in [0, 0.1) is 6.92 Å². The van der Waals surface area contributed by atoms with E-state index in [0.29, 0.717) is 30.0 Å². The molecule has 2 N–H and O–H groups in total. The van der Waals surface area contributed by atoms with Crippen LogP contribution in [0.1, 0.15) is 15.9 Å². The number of sulfonamides is 1. The third kappa shape index (κ3) is 5.29. The lowest BCUT2D eigenvalue weighted by Crippen LogP contribution is -2.28. The van der Waals surface area contributed by atoms with Gasteiger partial charge in [0.15, 0.2) is 0 Å². The summed E-state index contributed by atoms with van der Waals surface area (Å²) in [6.45, 7) is 2.48. The van der Waals surface area contributed by atoms with Crippen molar-refractivity contribution in [1.29, 1.82) is 0 Å². The smallest absolute Gasteiger partial charge is 0.261 e. The van der Waals surface area contributed by atoms with Gasteiger partial charge in [0.2, 0.25) is 0 Å². The monoisotopic (exact) mass is 426 g/mol. The number of carbonyl (C=O) groups is 1. The molecule has 0 radical (unpaired) electrons. The highest BCUT2D eigenvalue weighted by molar-refractivity contribution is 9.10. The van der Waals surface area contributed by atoms with Gasteiger partial charge in [-0.1, -0.05) is 28.1 Å². The van der Waals surface area contributed by atoms with Crippen LogP contribution in [0.3, 0.4) is 0 Å². The third-order valence-corrected chi connectivity index (χ3v) is 5.30. The van der Waals surface area contributed by atoms with E-state index in [-0.39, 0.29) is 10.8 Å². The van der Waals surface area contributed by atoms with Crippen LogP contribution in [-0.2, 0) is 14.8 Å². The third-order valence-electron chi connectivity index (χ3n) is 3.43. The number of amides is 1. The first-order valence-corrected chi connectivity index (χ1v) is 9.77. The molecule has 2 aromatic rings. The van der Waals surface area contributed by atoms with Crippen molar-refractivity contribution in [2.45, 2.75) is 11.8 Å². The first-order chi connectivity index (χ1) is 11.8. The van der Waals surface area contributed by atoms with E-state index in [0.717, 1.165) is 4.47 Å². The van der Waals surface area contributed by atoms with E-state index >= 15 is 0 Å². The largest absolute Gasteiger partial charge is 0.383 e. The van der Waals surface area contributed by atoms with Crippen molar-refractivity contribution in [2.24, 2.45) is 0 Å². The fourth-order valence-electron chi connectivity index (χ4n) is 2.14. The van der Waals surface area contributed by atoms with Crippen molar-refractivity contribution < 1.29 is 17.9 Å². The van der Waals surface area contributed by atoms with Crippen LogP contribution >= 0.6 is 15.9 Å². The Hall–Kier alpha value is -1.90. The van der Waals surface area contributed by atoms with E-state index in [1.165, 1.54) is 19.2 Å². The molecular weight excluding hydrogens is 408 g/mol. The van der Waals surface area contributed by atoms with Gasteiger partial charge in [0, 0.05) is 29.4 Å². The van der Waals surface area contributed by atoms with Crippen molar-refractivity contribution in [3.8, 4) is 0 Å². The molecule has 0 bridgehead atoms. The second kappa shape index (κ2) is 8.46. The Morgan fingerprint density at radius 1 is 1.20 bits per heavy atom. The molecule has 0 fully saturated rings. The molecule has 0 saturated heterocycles. The Labute approximate surface area is 155 Å². The molecule has 1 amide bonds. The maximum absolute atomic E-state index is 12.6. The van der Waals surface area contributed by atoms with Crippen molar-refractivity contribution in [2.75, 3.05) is 25.0 Å². The minimum atomic E-state index is -3.80. The molecule has 0 atom stereocenters. The summed E-state index contributed by atoms with van der Waals surface area (Å²) in [7, 11) is -2.26. The second-order valence-electron chi connectivity index (χ2n) is 5.34. The van der Waals surface area contributed by atoms with Crippen LogP contribution in [0.4, 0.5) is 5.69 Å².